The van der Waals surface area contributed by atoms with Gasteiger partial charge in [0, 0.05) is 41.3 Å². The van der Waals surface area contributed by atoms with Gasteiger partial charge in [-0.3, -0.25) is 0 Å². The van der Waals surface area contributed by atoms with Crippen molar-refractivity contribution >= 4 is 104 Å². The fourth-order valence-electron chi connectivity index (χ4n) is 15.1. The second kappa shape index (κ2) is 24.5. The van der Waals surface area contributed by atoms with E-state index in [0.717, 1.165) is 36.9 Å². The van der Waals surface area contributed by atoms with Crippen molar-refractivity contribution in [2.75, 3.05) is 9.80 Å². The highest BCUT2D eigenvalue weighted by molar-refractivity contribution is 9.11. The van der Waals surface area contributed by atoms with Gasteiger partial charge < -0.3 is 14.4 Å². The van der Waals surface area contributed by atoms with Gasteiger partial charge >= 0.3 is 0 Å². The fourth-order valence-corrected chi connectivity index (χ4v) is 16.9. The van der Waals surface area contributed by atoms with Crippen molar-refractivity contribution < 1.29 is 0 Å². The number of aromatic nitrogens is 1. The molecule has 18 rings (SSSR count). The fraction of sp³-hybridized carbons (Fsp3) is 0.0345. The minimum Gasteiger partial charge on any atom is -0.310 e. The zero-order valence-corrected chi connectivity index (χ0v) is 55.4. The summed E-state index contributed by atoms with van der Waals surface area (Å²) < 4.78 is 5.49. The Morgan fingerprint density at radius 3 is 0.903 bits per heavy atom. The Bertz CT molecular complexity index is 4960. The minimum absolute atomic E-state index is 0.435. The molecule has 1 aliphatic carbocycles. The van der Waals surface area contributed by atoms with E-state index in [9.17, 15) is 0 Å². The molecule has 444 valence electrons. The molecule has 3 aliphatic rings. The lowest BCUT2D eigenvalue weighted by molar-refractivity contribution is 0.731. The largest absolute Gasteiger partial charge is 0.310 e. The van der Waals surface area contributed by atoms with E-state index in [1.165, 1.54) is 111 Å². The summed E-state index contributed by atoms with van der Waals surface area (Å²) in [7, 11) is 0. The summed E-state index contributed by atoms with van der Waals surface area (Å²) in [6.45, 7) is 0. The molecule has 0 saturated carbocycles. The monoisotopic (exact) mass is 1380 g/mol. The molecule has 93 heavy (non-hydrogen) atoms. The predicted molar refractivity (Wildman–Crippen MR) is 398 cm³/mol. The van der Waals surface area contributed by atoms with Gasteiger partial charge in [-0.1, -0.05) is 327 Å². The van der Waals surface area contributed by atoms with Gasteiger partial charge in [-0.15, -0.1) is 0 Å². The number of anilines is 6. The Balaban J connectivity index is 0.000000127. The summed E-state index contributed by atoms with van der Waals surface area (Å²) in [6.07, 6.45) is 1.10. The summed E-state index contributed by atoms with van der Waals surface area (Å²) in [4.78, 5) is 4.82. The molecule has 3 heterocycles. The van der Waals surface area contributed by atoms with Crippen LogP contribution >= 0.6 is 47.8 Å². The molecular formula is C87H60Br3N3. The zero-order valence-electron chi connectivity index (χ0n) is 50.7. The molecule has 3 nitrogen and oxygen atoms in total. The Morgan fingerprint density at radius 2 is 0.527 bits per heavy atom. The maximum Gasteiger partial charge on any atom is 0.0742 e. The summed E-state index contributed by atoms with van der Waals surface area (Å²) in [5.41, 5.74) is 25.3. The van der Waals surface area contributed by atoms with Gasteiger partial charge in [0.05, 0.1) is 44.6 Å². The molecule has 14 aromatic carbocycles. The van der Waals surface area contributed by atoms with Crippen LogP contribution in [0.4, 0.5) is 34.1 Å². The second-order valence-electron chi connectivity index (χ2n) is 23.9. The molecular weight excluding hydrogens is 1330 g/mol. The normalized spacial score (nSPS) is 13.4. The quantitative estimate of drug-likeness (QED) is 0.158. The summed E-state index contributed by atoms with van der Waals surface area (Å²) >= 11 is 11.3. The van der Waals surface area contributed by atoms with Gasteiger partial charge in [-0.05, 0) is 146 Å². The molecule has 6 heteroatoms. The van der Waals surface area contributed by atoms with E-state index in [1.807, 2.05) is 0 Å². The third-order valence-corrected chi connectivity index (χ3v) is 20.2. The number of hydrogen-bond acceptors (Lipinski definition) is 2. The number of nitrogens with zero attached hydrogens (tertiary/aromatic N) is 3. The molecule has 0 spiro atoms. The first-order chi connectivity index (χ1) is 45.9. The third-order valence-electron chi connectivity index (χ3n) is 18.8. The highest BCUT2D eigenvalue weighted by Gasteiger charge is 2.48. The highest BCUT2D eigenvalue weighted by Crippen LogP contribution is 2.60. The lowest BCUT2D eigenvalue weighted by Crippen LogP contribution is -2.37. The van der Waals surface area contributed by atoms with Crippen LogP contribution in [0.5, 0.6) is 0 Å². The second-order valence-corrected chi connectivity index (χ2v) is 26.6. The molecule has 0 N–H and O–H groups in total. The van der Waals surface area contributed by atoms with E-state index >= 15 is 0 Å². The predicted octanol–water partition coefficient (Wildman–Crippen LogP) is 24.3. The molecule has 0 fully saturated rings. The number of benzene rings is 14. The van der Waals surface area contributed by atoms with Gasteiger partial charge in [0.25, 0.3) is 0 Å². The standard InChI is InChI=1S/C43H29BrN2.C31H21Br2N.C13H10/c44-32-27-33(45-39-23-11-7-19-35(39)36-20-8-12-24-40(36)45)29-34(28-32)46-41-25-13-9-21-37(41)43(30-15-3-1-4-16-30,31-17-5-2-6-18-31)38-22-10-14-26-42(38)46;32-24-19-25(33)21-26(20-24)34-29-17-9-7-15-27(29)31(22-11-3-1-4-12-22,23-13-5-2-6-14-23)28-16-8-10-18-30(28)34;1-3-7-12-10(5-1)9-11-6-2-4-8-13(11)12/h1-29H;1-21H;1-8H,9H2. The summed E-state index contributed by atoms with van der Waals surface area (Å²) in [5.74, 6) is 0. The van der Waals surface area contributed by atoms with Crippen LogP contribution in [0.2, 0.25) is 0 Å². The number of rotatable bonds is 7. The van der Waals surface area contributed by atoms with E-state index in [2.05, 4.69) is 414 Å². The number of hydrogen-bond donors (Lipinski definition) is 0. The first-order valence-corrected chi connectivity index (χ1v) is 33.9. The molecule has 0 unspecified atom stereocenters. The topological polar surface area (TPSA) is 11.4 Å². The first-order valence-electron chi connectivity index (χ1n) is 31.5. The van der Waals surface area contributed by atoms with Crippen LogP contribution in [0, 0.1) is 0 Å². The molecule has 0 radical (unpaired) electrons. The summed E-state index contributed by atoms with van der Waals surface area (Å²) in [6, 6.07) is 127. The van der Waals surface area contributed by atoms with E-state index < -0.39 is 10.8 Å². The Labute approximate surface area is 568 Å². The van der Waals surface area contributed by atoms with E-state index in [1.54, 1.807) is 0 Å². The molecule has 2 aliphatic heterocycles. The maximum atomic E-state index is 3.93. The molecule has 0 amide bonds. The van der Waals surface area contributed by atoms with Crippen molar-refractivity contribution in [3.63, 3.8) is 0 Å². The van der Waals surface area contributed by atoms with Crippen LogP contribution in [0.15, 0.2) is 365 Å². The van der Waals surface area contributed by atoms with Crippen molar-refractivity contribution in [2.24, 2.45) is 0 Å². The lowest BCUT2D eigenvalue weighted by atomic mass is 9.62. The SMILES string of the molecule is Brc1cc(Br)cc(N2c3ccccc3C(c3ccccc3)(c3ccccc3)c3ccccc32)c1.Brc1cc(N2c3ccccc3C(c3ccccc3)(c3ccccc3)c3ccccc32)cc(-n2c3ccccc3c3ccccc32)c1.c1ccc2c(c1)Cc1ccccc1-2. The van der Waals surface area contributed by atoms with Gasteiger partial charge in [0.1, 0.15) is 0 Å². The van der Waals surface area contributed by atoms with Crippen molar-refractivity contribution in [3.8, 4) is 16.8 Å². The Hall–Kier alpha value is -10.1. The van der Waals surface area contributed by atoms with Crippen molar-refractivity contribution in [1.29, 1.82) is 0 Å². The van der Waals surface area contributed by atoms with E-state index in [4.69, 9.17) is 0 Å². The van der Waals surface area contributed by atoms with Gasteiger partial charge in [0.2, 0.25) is 0 Å². The third kappa shape index (κ3) is 9.90. The Kier molecular flexibility index (Phi) is 15.3. The number of halogens is 3. The smallest absolute Gasteiger partial charge is 0.0742 e. The van der Waals surface area contributed by atoms with Gasteiger partial charge in [-0.2, -0.15) is 0 Å². The number of fused-ring (bicyclic) bond motifs is 10. The van der Waals surface area contributed by atoms with E-state index in [-0.39, 0.29) is 0 Å². The molecule has 15 aromatic rings. The summed E-state index contributed by atoms with van der Waals surface area (Å²) in [5, 5.41) is 2.51. The van der Waals surface area contributed by atoms with Crippen molar-refractivity contribution in [2.45, 2.75) is 17.3 Å². The average molecular weight is 1390 g/mol. The zero-order chi connectivity index (χ0) is 62.5. The van der Waals surface area contributed by atoms with Crippen molar-refractivity contribution in [3.05, 3.63) is 421 Å². The minimum atomic E-state index is -0.492. The number of para-hydroxylation sites is 6. The molecule has 0 atom stereocenters. The Morgan fingerprint density at radius 1 is 0.247 bits per heavy atom. The lowest BCUT2D eigenvalue weighted by Gasteiger charge is -2.46. The van der Waals surface area contributed by atoms with Crippen LogP contribution in [-0.4, -0.2) is 4.57 Å². The molecule has 0 bridgehead atoms. The van der Waals surface area contributed by atoms with Crippen LogP contribution in [0.3, 0.4) is 0 Å². The average Bonchev–Trinajstić information content (AvgIpc) is 1.46. The van der Waals surface area contributed by atoms with Gasteiger partial charge in [0.15, 0.2) is 0 Å². The highest BCUT2D eigenvalue weighted by atomic mass is 79.9. The van der Waals surface area contributed by atoms with Crippen LogP contribution in [0.25, 0.3) is 38.6 Å². The molecule has 1 aromatic heterocycles. The van der Waals surface area contributed by atoms with E-state index in [0.29, 0.717) is 0 Å². The first kappa shape index (κ1) is 58.0. The van der Waals surface area contributed by atoms with Crippen LogP contribution in [-0.2, 0) is 17.3 Å². The van der Waals surface area contributed by atoms with Crippen LogP contribution < -0.4 is 9.80 Å². The van der Waals surface area contributed by atoms with Crippen molar-refractivity contribution in [1.82, 2.24) is 4.57 Å². The van der Waals surface area contributed by atoms with Gasteiger partial charge in [-0.25, -0.2) is 0 Å². The van der Waals surface area contributed by atoms with Crippen LogP contribution in [0.1, 0.15) is 55.6 Å². The maximum absolute atomic E-state index is 3.93. The molecule has 0 saturated heterocycles.